The smallest absolute Gasteiger partial charge is 0.409 e. The Morgan fingerprint density at radius 2 is 1.26 bits per heavy atom. The van der Waals surface area contributed by atoms with Crippen LogP contribution < -0.4 is 4.74 Å². The van der Waals surface area contributed by atoms with E-state index in [1.165, 1.54) is 77.0 Å². The Morgan fingerprint density at radius 3 is 1.72 bits per heavy atom. The molecule has 220 valence electrons. The first-order valence-electron chi connectivity index (χ1n) is 15.5. The van der Waals surface area contributed by atoms with Crippen LogP contribution in [-0.2, 0) is 0 Å². The molecule has 1 atom stereocenters. The number of hydrogen-bond acceptors (Lipinski definition) is 1. The number of rotatable bonds is 9. The standard InChI is InChI=1S/C33H47F5O/c1-3-4-22(2)24-9-11-26(12-10-24)28-15-13-27(14-16-28)25-7-5-23(6-8-25)21-39-29-19-31(34)30(32(35)20-29)17-18-33(36,37)38/h17-20,22-28H,3-16,21H2,1-2H3/b18-17+. The minimum absolute atomic E-state index is 0.0310. The van der Waals surface area contributed by atoms with E-state index in [9.17, 15) is 22.0 Å². The highest BCUT2D eigenvalue weighted by Crippen LogP contribution is 2.47. The summed E-state index contributed by atoms with van der Waals surface area (Å²) in [6.45, 7) is 5.15. The lowest BCUT2D eigenvalue weighted by Gasteiger charge is -2.42. The molecule has 0 bridgehead atoms. The van der Waals surface area contributed by atoms with E-state index in [0.29, 0.717) is 18.6 Å². The maximum absolute atomic E-state index is 14.2. The van der Waals surface area contributed by atoms with E-state index in [1.807, 2.05) is 0 Å². The fraction of sp³-hybridized carbons (Fsp3) is 0.758. The number of ether oxygens (including phenoxy) is 1. The topological polar surface area (TPSA) is 9.23 Å². The van der Waals surface area contributed by atoms with Crippen LogP contribution in [0.25, 0.3) is 6.08 Å². The number of halogens is 5. The second-order valence-electron chi connectivity index (χ2n) is 12.9. The maximum atomic E-state index is 14.2. The summed E-state index contributed by atoms with van der Waals surface area (Å²) < 4.78 is 71.1. The molecule has 0 heterocycles. The molecule has 3 saturated carbocycles. The molecule has 1 unspecified atom stereocenters. The molecular weight excluding hydrogens is 507 g/mol. The zero-order valence-corrected chi connectivity index (χ0v) is 23.8. The van der Waals surface area contributed by atoms with Crippen molar-refractivity contribution in [2.75, 3.05) is 6.61 Å². The molecule has 3 fully saturated rings. The molecule has 0 spiro atoms. The first kappa shape index (κ1) is 30.4. The molecule has 6 heteroatoms. The van der Waals surface area contributed by atoms with Crippen molar-refractivity contribution in [3.05, 3.63) is 35.4 Å². The Balaban J connectivity index is 1.16. The van der Waals surface area contributed by atoms with Gasteiger partial charge in [0.05, 0.1) is 6.61 Å². The third kappa shape index (κ3) is 8.70. The first-order chi connectivity index (χ1) is 18.6. The van der Waals surface area contributed by atoms with Gasteiger partial charge in [-0.15, -0.1) is 0 Å². The van der Waals surface area contributed by atoms with Crippen LogP contribution in [0.4, 0.5) is 22.0 Å². The Hall–Kier alpha value is -1.59. The van der Waals surface area contributed by atoms with Gasteiger partial charge in [-0.25, -0.2) is 8.78 Å². The monoisotopic (exact) mass is 554 g/mol. The first-order valence-corrected chi connectivity index (χ1v) is 15.5. The Labute approximate surface area is 232 Å². The summed E-state index contributed by atoms with van der Waals surface area (Å²) in [6.07, 6.45) is 14.1. The van der Waals surface area contributed by atoms with Crippen molar-refractivity contribution < 1.29 is 26.7 Å². The Bertz CT molecular complexity index is 894. The summed E-state index contributed by atoms with van der Waals surface area (Å²) in [7, 11) is 0. The van der Waals surface area contributed by atoms with Crippen molar-refractivity contribution >= 4 is 6.08 Å². The van der Waals surface area contributed by atoms with Crippen molar-refractivity contribution in [3.8, 4) is 5.75 Å². The average Bonchev–Trinajstić information content (AvgIpc) is 2.91. The van der Waals surface area contributed by atoms with Crippen LogP contribution in [0.1, 0.15) is 109 Å². The third-order valence-corrected chi connectivity index (χ3v) is 10.4. The fourth-order valence-corrected chi connectivity index (χ4v) is 7.99. The lowest BCUT2D eigenvalue weighted by Crippen LogP contribution is -2.31. The quantitative estimate of drug-likeness (QED) is 0.276. The van der Waals surface area contributed by atoms with Crippen molar-refractivity contribution in [2.45, 2.75) is 110 Å². The number of alkyl halides is 3. The van der Waals surface area contributed by atoms with Gasteiger partial charge in [-0.1, -0.05) is 26.7 Å². The molecule has 0 aromatic heterocycles. The van der Waals surface area contributed by atoms with Gasteiger partial charge >= 0.3 is 6.18 Å². The van der Waals surface area contributed by atoms with Crippen molar-refractivity contribution in [2.24, 2.45) is 41.4 Å². The van der Waals surface area contributed by atoms with Crippen LogP contribution in [-0.4, -0.2) is 12.8 Å². The van der Waals surface area contributed by atoms with Gasteiger partial charge in [-0.3, -0.25) is 0 Å². The van der Waals surface area contributed by atoms with Crippen molar-refractivity contribution in [1.82, 2.24) is 0 Å². The van der Waals surface area contributed by atoms with E-state index in [1.54, 1.807) is 0 Å². The highest BCUT2D eigenvalue weighted by Gasteiger charge is 2.35. The highest BCUT2D eigenvalue weighted by atomic mass is 19.4. The van der Waals surface area contributed by atoms with Gasteiger partial charge in [0, 0.05) is 23.8 Å². The molecule has 3 aliphatic rings. The fourth-order valence-electron chi connectivity index (χ4n) is 7.99. The summed E-state index contributed by atoms with van der Waals surface area (Å²) in [4.78, 5) is 0. The summed E-state index contributed by atoms with van der Waals surface area (Å²) >= 11 is 0. The molecule has 0 radical (unpaired) electrons. The van der Waals surface area contributed by atoms with Crippen molar-refractivity contribution in [3.63, 3.8) is 0 Å². The minimum Gasteiger partial charge on any atom is -0.493 e. The van der Waals surface area contributed by atoms with Gasteiger partial charge in [0.15, 0.2) is 0 Å². The van der Waals surface area contributed by atoms with E-state index in [2.05, 4.69) is 13.8 Å². The second-order valence-corrected chi connectivity index (χ2v) is 12.9. The van der Waals surface area contributed by atoms with Gasteiger partial charge in [0.25, 0.3) is 0 Å². The SMILES string of the molecule is CCCC(C)C1CCC(C2CCC(C3CCC(COc4cc(F)c(/C=C/C(F)(F)F)c(F)c4)CC3)CC2)CC1. The average molecular weight is 555 g/mol. The Kier molecular flexibility index (Phi) is 10.8. The van der Waals surface area contributed by atoms with Crippen LogP contribution >= 0.6 is 0 Å². The molecule has 0 saturated heterocycles. The zero-order chi connectivity index (χ0) is 28.0. The molecule has 0 N–H and O–H groups in total. The Morgan fingerprint density at radius 1 is 0.795 bits per heavy atom. The van der Waals surface area contributed by atoms with Crippen LogP contribution in [0.15, 0.2) is 18.2 Å². The van der Waals surface area contributed by atoms with Gasteiger partial charge in [0.1, 0.15) is 17.4 Å². The summed E-state index contributed by atoms with van der Waals surface area (Å²) in [6, 6.07) is 1.95. The van der Waals surface area contributed by atoms with E-state index < -0.39 is 23.4 Å². The van der Waals surface area contributed by atoms with Crippen LogP contribution in [0, 0.1) is 53.1 Å². The minimum atomic E-state index is -4.63. The van der Waals surface area contributed by atoms with Crippen LogP contribution in [0.3, 0.4) is 0 Å². The number of allylic oxidation sites excluding steroid dienone is 1. The summed E-state index contributed by atoms with van der Waals surface area (Å²) in [5.74, 6) is 3.62. The summed E-state index contributed by atoms with van der Waals surface area (Å²) in [5.41, 5.74) is -0.704. The second kappa shape index (κ2) is 13.9. The highest BCUT2D eigenvalue weighted by molar-refractivity contribution is 5.53. The maximum Gasteiger partial charge on any atom is 0.409 e. The van der Waals surface area contributed by atoms with E-state index in [0.717, 1.165) is 60.5 Å². The van der Waals surface area contributed by atoms with Gasteiger partial charge < -0.3 is 4.74 Å². The van der Waals surface area contributed by atoms with Crippen LogP contribution in [0.5, 0.6) is 5.75 Å². The largest absolute Gasteiger partial charge is 0.493 e. The molecule has 39 heavy (non-hydrogen) atoms. The molecule has 3 aliphatic carbocycles. The third-order valence-electron chi connectivity index (χ3n) is 10.4. The van der Waals surface area contributed by atoms with Gasteiger partial charge in [-0.2, -0.15) is 13.2 Å². The number of benzene rings is 1. The predicted molar refractivity (Wildman–Crippen MR) is 147 cm³/mol. The van der Waals surface area contributed by atoms with Crippen LogP contribution in [0.2, 0.25) is 0 Å². The molecule has 0 amide bonds. The zero-order valence-electron chi connectivity index (χ0n) is 23.8. The molecule has 1 aromatic rings. The van der Waals surface area contributed by atoms with Crippen molar-refractivity contribution in [1.29, 1.82) is 0 Å². The summed E-state index contributed by atoms with van der Waals surface area (Å²) in [5, 5.41) is 0. The van der Waals surface area contributed by atoms with E-state index in [-0.39, 0.29) is 11.8 Å². The van der Waals surface area contributed by atoms with Gasteiger partial charge in [0.2, 0.25) is 0 Å². The van der Waals surface area contributed by atoms with E-state index in [4.69, 9.17) is 4.74 Å². The van der Waals surface area contributed by atoms with Gasteiger partial charge in [-0.05, 0) is 125 Å². The molecule has 1 nitrogen and oxygen atoms in total. The predicted octanol–water partition coefficient (Wildman–Crippen LogP) is 10.8. The molecule has 4 rings (SSSR count). The lowest BCUT2D eigenvalue weighted by atomic mass is 9.64. The lowest BCUT2D eigenvalue weighted by molar-refractivity contribution is -0.0790. The van der Waals surface area contributed by atoms with E-state index >= 15 is 0 Å². The molecule has 1 aromatic carbocycles. The molecular formula is C33H47F5O. The normalized spacial score (nSPS) is 31.4. The molecule has 0 aliphatic heterocycles. The number of hydrogen-bond donors (Lipinski definition) is 0.